The molecule has 2 amide bonds. The van der Waals surface area contributed by atoms with Gasteiger partial charge in [0.05, 0.1) is 12.6 Å². The fourth-order valence-electron chi connectivity index (χ4n) is 3.67. The molecule has 0 radical (unpaired) electrons. The number of hydrogen-bond donors (Lipinski definition) is 2. The Morgan fingerprint density at radius 2 is 1.88 bits per heavy atom. The van der Waals surface area contributed by atoms with Crippen LogP contribution >= 0.6 is 12.4 Å². The van der Waals surface area contributed by atoms with Crippen LogP contribution in [0, 0.1) is 17.2 Å². The Balaban J connectivity index is 0.00000338. The highest BCUT2D eigenvalue weighted by molar-refractivity contribution is 5.85. The van der Waals surface area contributed by atoms with Crippen molar-refractivity contribution in [3.8, 4) is 6.07 Å². The minimum atomic E-state index is -1.01. The van der Waals surface area contributed by atoms with Crippen LogP contribution in [0.1, 0.15) is 38.5 Å². The molecule has 1 saturated heterocycles. The van der Waals surface area contributed by atoms with Gasteiger partial charge in [-0.15, -0.1) is 12.4 Å². The van der Waals surface area contributed by atoms with Crippen molar-refractivity contribution in [3.05, 3.63) is 0 Å². The highest BCUT2D eigenvalue weighted by Gasteiger charge is 2.31. The lowest BCUT2D eigenvalue weighted by Crippen LogP contribution is -2.45. The summed E-state index contributed by atoms with van der Waals surface area (Å²) in [6, 6.07) is 2.05. The molecule has 1 aliphatic heterocycles. The zero-order valence-corrected chi connectivity index (χ0v) is 15.8. The van der Waals surface area contributed by atoms with Crippen LogP contribution < -0.4 is 5.32 Å². The Labute approximate surface area is 159 Å². The number of hydrogen-bond acceptors (Lipinski definition) is 5. The maximum atomic E-state index is 12.2. The Morgan fingerprint density at radius 3 is 2.46 bits per heavy atom. The average molecular weight is 387 g/mol. The number of halogens is 1. The van der Waals surface area contributed by atoms with Gasteiger partial charge in [0, 0.05) is 25.6 Å². The summed E-state index contributed by atoms with van der Waals surface area (Å²) in [7, 11) is 1.51. The van der Waals surface area contributed by atoms with Crippen LogP contribution in [-0.4, -0.2) is 71.5 Å². The fourth-order valence-corrected chi connectivity index (χ4v) is 3.67. The molecular weight excluding hydrogens is 360 g/mol. The second-order valence-electron chi connectivity index (χ2n) is 6.89. The minimum Gasteiger partial charge on any atom is -0.480 e. The van der Waals surface area contributed by atoms with Crippen molar-refractivity contribution in [3.63, 3.8) is 0 Å². The van der Waals surface area contributed by atoms with Crippen molar-refractivity contribution < 1.29 is 19.5 Å². The van der Waals surface area contributed by atoms with Crippen molar-refractivity contribution in [2.45, 2.75) is 50.6 Å². The topological polar surface area (TPSA) is 114 Å². The lowest BCUT2D eigenvalue weighted by molar-refractivity contribution is -0.145. The van der Waals surface area contributed by atoms with E-state index < -0.39 is 5.97 Å². The number of likely N-dealkylation sites (tertiary alicyclic amines) is 1. The number of likely N-dealkylation sites (N-methyl/N-ethyl adjacent to an activating group) is 1. The summed E-state index contributed by atoms with van der Waals surface area (Å²) in [6.45, 7) is 0.595. The third-order valence-electron chi connectivity index (χ3n) is 5.09. The first-order chi connectivity index (χ1) is 11.9. The molecule has 0 aromatic heterocycles. The van der Waals surface area contributed by atoms with E-state index in [0.29, 0.717) is 19.4 Å². The van der Waals surface area contributed by atoms with Crippen LogP contribution in [0.2, 0.25) is 0 Å². The van der Waals surface area contributed by atoms with E-state index in [9.17, 15) is 14.4 Å². The molecule has 1 atom stereocenters. The third-order valence-corrected chi connectivity index (χ3v) is 5.09. The smallest absolute Gasteiger partial charge is 0.323 e. The van der Waals surface area contributed by atoms with E-state index in [1.807, 2.05) is 0 Å². The van der Waals surface area contributed by atoms with E-state index in [0.717, 1.165) is 25.7 Å². The molecule has 146 valence electrons. The molecule has 1 heterocycles. The Bertz CT molecular complexity index is 557. The highest BCUT2D eigenvalue weighted by atomic mass is 35.5. The minimum absolute atomic E-state index is 0. The summed E-state index contributed by atoms with van der Waals surface area (Å²) < 4.78 is 0. The van der Waals surface area contributed by atoms with Crippen LogP contribution in [0.25, 0.3) is 0 Å². The molecule has 2 rings (SSSR count). The van der Waals surface area contributed by atoms with Gasteiger partial charge in [0.15, 0.2) is 0 Å². The SMILES string of the molecule is CN(CC(=O)O)C(=O)[C@H]1CC[C@H](NCC(=O)N2CCC[C@H]2C#N)CC1.Cl. The molecule has 0 aromatic rings. The van der Waals surface area contributed by atoms with Gasteiger partial charge in [-0.1, -0.05) is 0 Å². The number of rotatable bonds is 6. The second kappa shape index (κ2) is 10.3. The van der Waals surface area contributed by atoms with Gasteiger partial charge in [-0.25, -0.2) is 0 Å². The van der Waals surface area contributed by atoms with Crippen LogP contribution in [0.4, 0.5) is 0 Å². The molecule has 8 nitrogen and oxygen atoms in total. The van der Waals surface area contributed by atoms with Gasteiger partial charge in [-0.05, 0) is 38.5 Å². The quantitative estimate of drug-likeness (QED) is 0.691. The number of carbonyl (C=O) groups excluding carboxylic acids is 2. The number of aliphatic carboxylic acids is 1. The van der Waals surface area contributed by atoms with E-state index in [2.05, 4.69) is 11.4 Å². The van der Waals surface area contributed by atoms with E-state index in [4.69, 9.17) is 10.4 Å². The first-order valence-corrected chi connectivity index (χ1v) is 8.81. The molecule has 9 heteroatoms. The number of amides is 2. The zero-order chi connectivity index (χ0) is 18.4. The summed E-state index contributed by atoms with van der Waals surface area (Å²) in [5, 5.41) is 21.1. The molecule has 1 aliphatic carbocycles. The molecular formula is C17H27ClN4O4. The normalized spacial score (nSPS) is 25.1. The first kappa shape index (κ1) is 22.2. The van der Waals surface area contributed by atoms with E-state index in [1.54, 1.807) is 4.90 Å². The van der Waals surface area contributed by atoms with Crippen molar-refractivity contribution in [2.75, 3.05) is 26.7 Å². The van der Waals surface area contributed by atoms with Gasteiger partial charge in [0.1, 0.15) is 12.6 Å². The molecule has 2 N–H and O–H groups in total. The van der Waals surface area contributed by atoms with E-state index in [-0.39, 0.29) is 55.3 Å². The van der Waals surface area contributed by atoms with Crippen molar-refractivity contribution in [2.24, 2.45) is 5.92 Å². The summed E-state index contributed by atoms with van der Waals surface area (Å²) in [6.07, 6.45) is 4.58. The number of nitrogens with one attached hydrogen (secondary N) is 1. The van der Waals surface area contributed by atoms with Crippen molar-refractivity contribution in [1.29, 1.82) is 5.26 Å². The van der Waals surface area contributed by atoms with Gasteiger partial charge < -0.3 is 20.2 Å². The van der Waals surface area contributed by atoms with Crippen LogP contribution in [0.3, 0.4) is 0 Å². The molecule has 0 bridgehead atoms. The Kier molecular flexibility index (Phi) is 8.82. The van der Waals surface area contributed by atoms with Crippen molar-refractivity contribution >= 4 is 30.2 Å². The van der Waals surface area contributed by atoms with Gasteiger partial charge in [-0.2, -0.15) is 5.26 Å². The fraction of sp³-hybridized carbons (Fsp3) is 0.765. The Hall–Kier alpha value is -1.85. The zero-order valence-electron chi connectivity index (χ0n) is 15.0. The maximum Gasteiger partial charge on any atom is 0.323 e. The van der Waals surface area contributed by atoms with E-state index >= 15 is 0 Å². The number of carboxylic acid groups (broad SMARTS) is 1. The molecule has 26 heavy (non-hydrogen) atoms. The van der Waals surface area contributed by atoms with Crippen LogP contribution in [-0.2, 0) is 14.4 Å². The Morgan fingerprint density at radius 1 is 1.23 bits per heavy atom. The summed E-state index contributed by atoms with van der Waals surface area (Å²) in [4.78, 5) is 38.0. The van der Waals surface area contributed by atoms with Gasteiger partial charge in [-0.3, -0.25) is 14.4 Å². The molecule has 0 aromatic carbocycles. The first-order valence-electron chi connectivity index (χ1n) is 8.81. The number of carbonyl (C=O) groups is 3. The highest BCUT2D eigenvalue weighted by Crippen LogP contribution is 2.26. The summed E-state index contributed by atoms with van der Waals surface area (Å²) in [5.74, 6) is -1.31. The van der Waals surface area contributed by atoms with Gasteiger partial charge in [0.25, 0.3) is 0 Å². The number of carboxylic acids is 1. The molecule has 2 aliphatic rings. The number of nitriles is 1. The van der Waals surface area contributed by atoms with Gasteiger partial charge in [0.2, 0.25) is 11.8 Å². The second-order valence-corrected chi connectivity index (χ2v) is 6.89. The third kappa shape index (κ3) is 5.85. The number of nitrogens with zero attached hydrogens (tertiary/aromatic N) is 3. The van der Waals surface area contributed by atoms with Crippen LogP contribution in [0.15, 0.2) is 0 Å². The van der Waals surface area contributed by atoms with E-state index in [1.165, 1.54) is 11.9 Å². The standard InChI is InChI=1S/C17H26N4O4.ClH/c1-20(11-16(23)24)17(25)12-4-6-13(7-5-12)19-10-15(22)21-8-2-3-14(21)9-18;/h12-14,19H,2-8,10-11H2,1H3,(H,23,24);1H/t12-,13-,14-;/m0./s1. The van der Waals surface area contributed by atoms with Gasteiger partial charge >= 0.3 is 5.97 Å². The molecule has 2 fully saturated rings. The maximum absolute atomic E-state index is 12.2. The van der Waals surface area contributed by atoms with Crippen molar-refractivity contribution in [1.82, 2.24) is 15.1 Å². The predicted octanol–water partition coefficient (Wildman–Crippen LogP) is 0.614. The predicted molar refractivity (Wildman–Crippen MR) is 96.6 cm³/mol. The lowest BCUT2D eigenvalue weighted by Gasteiger charge is -2.31. The largest absolute Gasteiger partial charge is 0.480 e. The lowest BCUT2D eigenvalue weighted by atomic mass is 9.85. The average Bonchev–Trinajstić information content (AvgIpc) is 3.07. The van der Waals surface area contributed by atoms with Crippen LogP contribution in [0.5, 0.6) is 0 Å². The summed E-state index contributed by atoms with van der Waals surface area (Å²) >= 11 is 0. The molecule has 0 unspecified atom stereocenters. The monoisotopic (exact) mass is 386 g/mol. The molecule has 1 saturated carbocycles. The molecule has 0 spiro atoms. The summed E-state index contributed by atoms with van der Waals surface area (Å²) in [5.41, 5.74) is 0.